The van der Waals surface area contributed by atoms with Crippen molar-refractivity contribution >= 4 is 47.2 Å². The number of anilines is 1. The highest BCUT2D eigenvalue weighted by molar-refractivity contribution is 14.0. The van der Waals surface area contributed by atoms with Gasteiger partial charge in [0.15, 0.2) is 5.96 Å². The third-order valence-corrected chi connectivity index (χ3v) is 4.70. The predicted octanol–water partition coefficient (Wildman–Crippen LogP) is 2.15. The zero-order valence-corrected chi connectivity index (χ0v) is 17.7. The molecule has 0 unspecified atom stereocenters. The number of halogens is 1. The van der Waals surface area contributed by atoms with E-state index in [1.54, 1.807) is 23.7 Å². The summed E-state index contributed by atoms with van der Waals surface area (Å²) in [6.45, 7) is 9.27. The van der Waals surface area contributed by atoms with Crippen molar-refractivity contribution in [1.29, 1.82) is 0 Å². The van der Waals surface area contributed by atoms with Crippen LogP contribution in [0.3, 0.4) is 0 Å². The second kappa shape index (κ2) is 9.85. The van der Waals surface area contributed by atoms with Gasteiger partial charge in [0.1, 0.15) is 0 Å². The Morgan fingerprint density at radius 1 is 1.20 bits per heavy atom. The number of aryl methyl sites for hydroxylation is 1. The lowest BCUT2D eigenvalue weighted by atomic mass is 10.3. The van der Waals surface area contributed by atoms with E-state index in [1.165, 1.54) is 4.88 Å². The van der Waals surface area contributed by atoms with E-state index in [0.717, 1.165) is 49.6 Å². The van der Waals surface area contributed by atoms with Crippen LogP contribution in [0.4, 0.5) is 5.95 Å². The molecule has 2 aromatic rings. The van der Waals surface area contributed by atoms with Crippen LogP contribution in [0, 0.1) is 6.92 Å². The Hall–Kier alpha value is -1.49. The van der Waals surface area contributed by atoms with Crippen LogP contribution in [0.5, 0.6) is 0 Å². The number of aliphatic imine (C=N–C) groups is 1. The number of hydrogen-bond acceptors (Lipinski definition) is 6. The minimum atomic E-state index is 0. The smallest absolute Gasteiger partial charge is 0.225 e. The summed E-state index contributed by atoms with van der Waals surface area (Å²) in [6, 6.07) is 1.84. The van der Waals surface area contributed by atoms with E-state index in [9.17, 15) is 0 Å². The van der Waals surface area contributed by atoms with Gasteiger partial charge in [-0.25, -0.2) is 19.9 Å². The van der Waals surface area contributed by atoms with E-state index in [1.807, 2.05) is 19.2 Å². The molecule has 0 amide bonds. The third kappa shape index (κ3) is 5.50. The molecule has 3 rings (SSSR count). The summed E-state index contributed by atoms with van der Waals surface area (Å²) >= 11 is 1.70. The molecular weight excluding hydrogens is 449 g/mol. The van der Waals surface area contributed by atoms with Gasteiger partial charge in [-0.2, -0.15) is 0 Å². The van der Waals surface area contributed by atoms with Crippen molar-refractivity contribution in [3.63, 3.8) is 0 Å². The van der Waals surface area contributed by atoms with Gasteiger partial charge in [0.25, 0.3) is 0 Å². The second-order valence-electron chi connectivity index (χ2n) is 5.54. The molecule has 0 radical (unpaired) electrons. The fourth-order valence-electron chi connectivity index (χ4n) is 2.63. The van der Waals surface area contributed by atoms with E-state index in [0.29, 0.717) is 6.54 Å². The SMILES string of the molecule is CCNC(=NCc1cnc(C)s1)N1CCN(c2ncccn2)CC1.I. The first kappa shape index (κ1) is 19.8. The summed E-state index contributed by atoms with van der Waals surface area (Å²) in [7, 11) is 0. The normalized spacial score (nSPS) is 15.0. The maximum Gasteiger partial charge on any atom is 0.225 e. The molecule has 25 heavy (non-hydrogen) atoms. The monoisotopic (exact) mass is 473 g/mol. The van der Waals surface area contributed by atoms with Gasteiger partial charge in [-0.05, 0) is 19.9 Å². The average molecular weight is 473 g/mol. The van der Waals surface area contributed by atoms with Crippen LogP contribution >= 0.6 is 35.3 Å². The van der Waals surface area contributed by atoms with Crippen molar-refractivity contribution in [3.05, 3.63) is 34.5 Å². The van der Waals surface area contributed by atoms with Crippen LogP contribution in [0.2, 0.25) is 0 Å². The molecule has 1 aliphatic rings. The molecule has 1 fully saturated rings. The fraction of sp³-hybridized carbons (Fsp3) is 0.500. The largest absolute Gasteiger partial charge is 0.357 e. The van der Waals surface area contributed by atoms with Crippen LogP contribution in [-0.2, 0) is 6.54 Å². The summed E-state index contributed by atoms with van der Waals surface area (Å²) in [6.07, 6.45) is 5.49. The summed E-state index contributed by atoms with van der Waals surface area (Å²) in [5.74, 6) is 1.77. The average Bonchev–Trinajstić information content (AvgIpc) is 3.05. The number of rotatable bonds is 4. The predicted molar refractivity (Wildman–Crippen MR) is 113 cm³/mol. The second-order valence-corrected chi connectivity index (χ2v) is 6.86. The first-order valence-electron chi connectivity index (χ1n) is 8.23. The van der Waals surface area contributed by atoms with Gasteiger partial charge in [0.05, 0.1) is 11.6 Å². The van der Waals surface area contributed by atoms with Crippen LogP contribution in [0.1, 0.15) is 16.8 Å². The zero-order chi connectivity index (χ0) is 16.8. The minimum absolute atomic E-state index is 0. The lowest BCUT2D eigenvalue weighted by Crippen LogP contribution is -2.52. The summed E-state index contributed by atoms with van der Waals surface area (Å²) in [5, 5.41) is 4.48. The standard InChI is InChI=1S/C16H23N7S.HI/c1-3-17-15(21-12-14-11-20-13(2)24-14)22-7-9-23(10-8-22)16-18-5-4-6-19-16;/h4-6,11H,3,7-10,12H2,1-2H3,(H,17,21);1H. The molecule has 1 saturated heterocycles. The molecule has 0 atom stereocenters. The first-order valence-corrected chi connectivity index (χ1v) is 9.04. The van der Waals surface area contributed by atoms with Crippen molar-refractivity contribution in [2.75, 3.05) is 37.6 Å². The maximum absolute atomic E-state index is 4.77. The van der Waals surface area contributed by atoms with Crippen molar-refractivity contribution in [1.82, 2.24) is 25.2 Å². The van der Waals surface area contributed by atoms with E-state index >= 15 is 0 Å². The molecule has 1 aliphatic heterocycles. The van der Waals surface area contributed by atoms with Gasteiger partial charge >= 0.3 is 0 Å². The number of nitrogens with zero attached hydrogens (tertiary/aromatic N) is 6. The molecule has 2 aromatic heterocycles. The van der Waals surface area contributed by atoms with E-state index in [2.05, 4.69) is 37.0 Å². The highest BCUT2D eigenvalue weighted by Crippen LogP contribution is 2.13. The van der Waals surface area contributed by atoms with Gasteiger partial charge in [-0.15, -0.1) is 35.3 Å². The molecule has 0 bridgehead atoms. The van der Waals surface area contributed by atoms with Gasteiger partial charge in [-0.3, -0.25) is 0 Å². The quantitative estimate of drug-likeness (QED) is 0.417. The van der Waals surface area contributed by atoms with Gasteiger partial charge in [0.2, 0.25) is 5.95 Å². The third-order valence-electron chi connectivity index (χ3n) is 3.80. The van der Waals surface area contributed by atoms with Crippen molar-refractivity contribution in [2.45, 2.75) is 20.4 Å². The molecule has 0 aliphatic carbocycles. The van der Waals surface area contributed by atoms with Crippen molar-refractivity contribution < 1.29 is 0 Å². The highest BCUT2D eigenvalue weighted by Gasteiger charge is 2.21. The van der Waals surface area contributed by atoms with E-state index in [4.69, 9.17) is 4.99 Å². The lowest BCUT2D eigenvalue weighted by Gasteiger charge is -2.36. The van der Waals surface area contributed by atoms with Crippen LogP contribution in [0.25, 0.3) is 0 Å². The molecule has 0 spiro atoms. The Labute approximate surface area is 169 Å². The summed E-state index contributed by atoms with van der Waals surface area (Å²) in [5.41, 5.74) is 0. The number of piperazine rings is 1. The highest BCUT2D eigenvalue weighted by atomic mass is 127. The molecule has 3 heterocycles. The molecular formula is C16H24IN7S. The number of thiazole rings is 1. The van der Waals surface area contributed by atoms with Crippen LogP contribution < -0.4 is 10.2 Å². The number of aromatic nitrogens is 3. The fourth-order valence-corrected chi connectivity index (χ4v) is 3.35. The van der Waals surface area contributed by atoms with E-state index < -0.39 is 0 Å². The number of nitrogens with one attached hydrogen (secondary N) is 1. The Bertz CT molecular complexity index is 668. The molecule has 1 N–H and O–H groups in total. The zero-order valence-electron chi connectivity index (χ0n) is 14.6. The minimum Gasteiger partial charge on any atom is -0.357 e. The Balaban J connectivity index is 0.00000225. The maximum atomic E-state index is 4.77. The molecule has 0 aromatic carbocycles. The topological polar surface area (TPSA) is 69.5 Å². The lowest BCUT2D eigenvalue weighted by molar-refractivity contribution is 0.370. The number of hydrogen-bond donors (Lipinski definition) is 1. The Kier molecular flexibility index (Phi) is 7.82. The van der Waals surface area contributed by atoms with Crippen molar-refractivity contribution in [2.24, 2.45) is 4.99 Å². The Morgan fingerprint density at radius 2 is 1.92 bits per heavy atom. The van der Waals surface area contributed by atoms with Crippen LogP contribution in [-0.4, -0.2) is 58.5 Å². The van der Waals surface area contributed by atoms with E-state index in [-0.39, 0.29) is 24.0 Å². The summed E-state index contributed by atoms with van der Waals surface area (Å²) < 4.78 is 0. The first-order chi connectivity index (χ1) is 11.8. The van der Waals surface area contributed by atoms with Gasteiger partial charge < -0.3 is 15.1 Å². The molecule has 9 heteroatoms. The molecule has 136 valence electrons. The summed E-state index contributed by atoms with van der Waals surface area (Å²) in [4.78, 5) is 23.4. The van der Waals surface area contributed by atoms with Crippen molar-refractivity contribution in [3.8, 4) is 0 Å². The molecule has 0 saturated carbocycles. The molecule has 7 nitrogen and oxygen atoms in total. The number of guanidine groups is 1. The van der Waals surface area contributed by atoms with Crippen LogP contribution in [0.15, 0.2) is 29.6 Å². The Morgan fingerprint density at radius 3 is 2.52 bits per heavy atom. The van der Waals surface area contributed by atoms with Gasteiger partial charge in [-0.1, -0.05) is 0 Å². The van der Waals surface area contributed by atoms with Gasteiger partial charge in [0, 0.05) is 56.2 Å².